The lowest BCUT2D eigenvalue weighted by Gasteiger charge is -2.20. The summed E-state index contributed by atoms with van der Waals surface area (Å²) in [4.78, 5) is 5.97. The Hall–Kier alpha value is -1.37. The van der Waals surface area contributed by atoms with Gasteiger partial charge in [-0.3, -0.25) is 5.41 Å². The molecule has 1 aromatic heterocycles. The smallest absolute Gasteiger partial charge is 0.147 e. The molecule has 0 aromatic carbocycles. The maximum Gasteiger partial charge on any atom is 0.147 e. The molecule has 7 heteroatoms. The summed E-state index contributed by atoms with van der Waals surface area (Å²) in [5.41, 5.74) is 5.89. The van der Waals surface area contributed by atoms with Crippen LogP contribution in [0.4, 0.5) is 5.82 Å². The third kappa shape index (κ3) is 3.83. The van der Waals surface area contributed by atoms with Crippen molar-refractivity contribution in [1.29, 1.82) is 5.41 Å². The van der Waals surface area contributed by atoms with E-state index >= 15 is 0 Å². The fraction of sp³-hybridized carbons (Fsp3) is 0.455. The molecule has 100 valence electrons. The molecule has 4 N–H and O–H groups in total. The number of aliphatic hydroxyl groups is 1. The minimum absolute atomic E-state index is 0.00252. The van der Waals surface area contributed by atoms with Crippen molar-refractivity contribution in [3.8, 4) is 0 Å². The van der Waals surface area contributed by atoms with Crippen LogP contribution in [0.25, 0.3) is 0 Å². The van der Waals surface area contributed by atoms with Crippen molar-refractivity contribution in [1.82, 2.24) is 4.98 Å². The molecule has 0 atom stereocenters. The van der Waals surface area contributed by atoms with Crippen LogP contribution in [0, 0.1) is 5.41 Å². The summed E-state index contributed by atoms with van der Waals surface area (Å²) in [5.74, 6) is 0.463. The number of nitrogens with zero attached hydrogens (tertiary/aromatic N) is 2. The zero-order chi connectivity index (χ0) is 13.5. The first-order chi connectivity index (χ1) is 8.57. The van der Waals surface area contributed by atoms with Crippen LogP contribution in [-0.2, 0) is 4.74 Å². The van der Waals surface area contributed by atoms with Crippen LogP contribution in [-0.4, -0.2) is 49.3 Å². The largest absolute Gasteiger partial charge is 0.394 e. The van der Waals surface area contributed by atoms with E-state index in [1.54, 1.807) is 12.3 Å². The molecule has 1 heterocycles. The normalized spacial score (nSPS) is 10.4. The standard InChI is InChI=1S/C11H17ClN4O2/c1-16(4-6-18-7-5-17)11-9(12)8(10(13)14)2-3-15-11/h2-3,17H,4-7H2,1H3,(H3,13,14). The van der Waals surface area contributed by atoms with E-state index in [9.17, 15) is 0 Å². The average molecular weight is 273 g/mol. The van der Waals surface area contributed by atoms with E-state index in [2.05, 4.69) is 4.98 Å². The Morgan fingerprint density at radius 1 is 1.61 bits per heavy atom. The number of nitrogens with two attached hydrogens (primary N) is 1. The number of amidine groups is 1. The number of pyridine rings is 1. The highest BCUT2D eigenvalue weighted by Gasteiger charge is 2.12. The van der Waals surface area contributed by atoms with Crippen molar-refractivity contribution < 1.29 is 9.84 Å². The molecule has 0 aliphatic carbocycles. The second-order valence-corrected chi connectivity index (χ2v) is 4.05. The second kappa shape index (κ2) is 7.15. The van der Waals surface area contributed by atoms with Crippen molar-refractivity contribution in [2.75, 3.05) is 38.3 Å². The SMILES string of the molecule is CN(CCOCCO)c1nccc(C(=N)N)c1Cl. The lowest BCUT2D eigenvalue weighted by molar-refractivity contribution is 0.0970. The summed E-state index contributed by atoms with van der Waals surface area (Å²) in [6.45, 7) is 1.35. The molecular weight excluding hydrogens is 256 g/mol. The average Bonchev–Trinajstić information content (AvgIpc) is 2.34. The van der Waals surface area contributed by atoms with E-state index in [0.717, 1.165) is 0 Å². The number of rotatable bonds is 7. The highest BCUT2D eigenvalue weighted by atomic mass is 35.5. The minimum Gasteiger partial charge on any atom is -0.394 e. The topological polar surface area (TPSA) is 95.5 Å². The minimum atomic E-state index is -0.0893. The summed E-state index contributed by atoms with van der Waals surface area (Å²) >= 11 is 6.13. The van der Waals surface area contributed by atoms with Gasteiger partial charge in [0, 0.05) is 25.4 Å². The molecule has 0 radical (unpaired) electrons. The predicted octanol–water partition coefficient (Wildman–Crippen LogP) is 0.464. The lowest BCUT2D eigenvalue weighted by atomic mass is 10.2. The van der Waals surface area contributed by atoms with Gasteiger partial charge in [-0.05, 0) is 6.07 Å². The number of hydrogen-bond acceptors (Lipinski definition) is 5. The Labute approximate surface area is 111 Å². The van der Waals surface area contributed by atoms with Crippen molar-refractivity contribution in [2.45, 2.75) is 0 Å². The van der Waals surface area contributed by atoms with Crippen LogP contribution in [0.2, 0.25) is 5.02 Å². The second-order valence-electron chi connectivity index (χ2n) is 3.67. The zero-order valence-electron chi connectivity index (χ0n) is 10.2. The quantitative estimate of drug-likeness (QED) is 0.381. The van der Waals surface area contributed by atoms with Gasteiger partial charge in [0.15, 0.2) is 0 Å². The Bertz CT molecular complexity index is 414. The summed E-state index contributed by atoms with van der Waals surface area (Å²) in [7, 11) is 1.82. The Balaban J connectivity index is 2.70. The molecule has 0 spiro atoms. The van der Waals surface area contributed by atoms with E-state index in [0.29, 0.717) is 36.2 Å². The maximum atomic E-state index is 8.58. The number of hydrogen-bond donors (Lipinski definition) is 3. The molecule has 1 rings (SSSR count). The van der Waals surface area contributed by atoms with Gasteiger partial charge in [-0.25, -0.2) is 4.98 Å². The van der Waals surface area contributed by atoms with Gasteiger partial charge in [0.1, 0.15) is 11.7 Å². The Morgan fingerprint density at radius 3 is 2.94 bits per heavy atom. The molecule has 0 saturated heterocycles. The van der Waals surface area contributed by atoms with E-state index in [4.69, 9.17) is 32.6 Å². The summed E-state index contributed by atoms with van der Waals surface area (Å²) < 4.78 is 5.16. The first-order valence-corrected chi connectivity index (χ1v) is 5.84. The third-order valence-electron chi connectivity index (χ3n) is 2.33. The van der Waals surface area contributed by atoms with Gasteiger partial charge in [0.05, 0.1) is 24.8 Å². The zero-order valence-corrected chi connectivity index (χ0v) is 10.9. The first kappa shape index (κ1) is 14.7. The van der Waals surface area contributed by atoms with Crippen LogP contribution in [0.3, 0.4) is 0 Å². The summed E-state index contributed by atoms with van der Waals surface area (Å²) in [6.07, 6.45) is 1.56. The molecule has 0 saturated carbocycles. The first-order valence-electron chi connectivity index (χ1n) is 5.46. The van der Waals surface area contributed by atoms with Crippen LogP contribution in [0.1, 0.15) is 5.56 Å². The predicted molar refractivity (Wildman–Crippen MR) is 71.4 cm³/mol. The van der Waals surface area contributed by atoms with Crippen molar-refractivity contribution >= 4 is 23.3 Å². The van der Waals surface area contributed by atoms with Gasteiger partial charge in [-0.1, -0.05) is 11.6 Å². The fourth-order valence-electron chi connectivity index (χ4n) is 1.38. The van der Waals surface area contributed by atoms with E-state index in [1.807, 2.05) is 11.9 Å². The number of aromatic nitrogens is 1. The molecule has 1 aromatic rings. The molecule has 6 nitrogen and oxygen atoms in total. The number of aliphatic hydroxyl groups excluding tert-OH is 1. The lowest BCUT2D eigenvalue weighted by Crippen LogP contribution is -2.25. The fourth-order valence-corrected chi connectivity index (χ4v) is 1.74. The molecule has 0 fully saturated rings. The van der Waals surface area contributed by atoms with Gasteiger partial charge in [-0.15, -0.1) is 0 Å². The summed E-state index contributed by atoms with van der Waals surface area (Å²) in [6, 6.07) is 1.60. The monoisotopic (exact) mass is 272 g/mol. The molecule has 0 bridgehead atoms. The van der Waals surface area contributed by atoms with Crippen molar-refractivity contribution in [2.24, 2.45) is 5.73 Å². The molecule has 0 aliphatic heterocycles. The van der Waals surface area contributed by atoms with E-state index in [1.165, 1.54) is 0 Å². The van der Waals surface area contributed by atoms with E-state index in [-0.39, 0.29) is 12.4 Å². The number of halogens is 1. The third-order valence-corrected chi connectivity index (χ3v) is 2.70. The van der Waals surface area contributed by atoms with Gasteiger partial charge in [-0.2, -0.15) is 0 Å². The van der Waals surface area contributed by atoms with Crippen LogP contribution < -0.4 is 10.6 Å². The van der Waals surface area contributed by atoms with Crippen LogP contribution in [0.5, 0.6) is 0 Å². The molecular formula is C11H17ClN4O2. The van der Waals surface area contributed by atoms with Crippen molar-refractivity contribution in [3.05, 3.63) is 22.8 Å². The molecule has 18 heavy (non-hydrogen) atoms. The number of likely N-dealkylation sites (N-methyl/N-ethyl adjacent to an activating group) is 1. The molecule has 0 unspecified atom stereocenters. The number of anilines is 1. The van der Waals surface area contributed by atoms with Crippen molar-refractivity contribution in [3.63, 3.8) is 0 Å². The number of nitrogen functional groups attached to an aromatic ring is 1. The van der Waals surface area contributed by atoms with Gasteiger partial charge < -0.3 is 20.5 Å². The summed E-state index contributed by atoms with van der Waals surface area (Å²) in [5, 5.41) is 16.3. The van der Waals surface area contributed by atoms with Gasteiger partial charge >= 0.3 is 0 Å². The van der Waals surface area contributed by atoms with Crippen LogP contribution in [0.15, 0.2) is 12.3 Å². The number of nitrogens with one attached hydrogen (secondary N) is 1. The highest BCUT2D eigenvalue weighted by molar-refractivity contribution is 6.36. The Kier molecular flexibility index (Phi) is 5.84. The van der Waals surface area contributed by atoms with Gasteiger partial charge in [0.25, 0.3) is 0 Å². The maximum absolute atomic E-state index is 8.58. The molecule has 0 aliphatic rings. The van der Waals surface area contributed by atoms with Crippen LogP contribution >= 0.6 is 11.6 Å². The van der Waals surface area contributed by atoms with Gasteiger partial charge in [0.2, 0.25) is 0 Å². The van der Waals surface area contributed by atoms with E-state index < -0.39 is 0 Å². The highest BCUT2D eigenvalue weighted by Crippen LogP contribution is 2.25. The number of ether oxygens (including phenoxy) is 1. The molecule has 0 amide bonds. The Morgan fingerprint density at radius 2 is 2.33 bits per heavy atom.